The summed E-state index contributed by atoms with van der Waals surface area (Å²) in [6.45, 7) is 0.990. The first-order valence-electron chi connectivity index (χ1n) is 8.22. The third-order valence-electron chi connectivity index (χ3n) is 4.36. The van der Waals surface area contributed by atoms with Crippen LogP contribution < -0.4 is 4.72 Å². The van der Waals surface area contributed by atoms with E-state index in [0.29, 0.717) is 41.4 Å². The molecule has 1 aliphatic heterocycles. The number of nitrogens with zero attached hydrogens (tertiary/aromatic N) is 1. The number of thiol groups is 1. The van der Waals surface area contributed by atoms with Crippen molar-refractivity contribution in [3.8, 4) is 0 Å². The lowest BCUT2D eigenvalue weighted by Gasteiger charge is -2.32. The highest BCUT2D eigenvalue weighted by molar-refractivity contribution is 7.89. The second-order valence-corrected chi connectivity index (χ2v) is 8.79. The van der Waals surface area contributed by atoms with Crippen LogP contribution in [0.4, 0.5) is 0 Å². The number of benzene rings is 2. The summed E-state index contributed by atoms with van der Waals surface area (Å²) in [5, 5.41) is 0.486. The van der Waals surface area contributed by atoms with Crippen LogP contribution in [0.1, 0.15) is 23.2 Å². The molecule has 0 atom stereocenters. The minimum absolute atomic E-state index is 0.0744. The van der Waals surface area contributed by atoms with Crippen molar-refractivity contribution < 1.29 is 13.2 Å². The van der Waals surface area contributed by atoms with E-state index >= 15 is 0 Å². The number of sulfonamides is 1. The zero-order chi connectivity index (χ0) is 18.7. The van der Waals surface area contributed by atoms with Crippen molar-refractivity contribution in [1.82, 2.24) is 9.62 Å². The predicted octanol–water partition coefficient (Wildman–Crippen LogP) is 3.21. The molecule has 1 N–H and O–H groups in total. The van der Waals surface area contributed by atoms with Crippen molar-refractivity contribution >= 4 is 40.2 Å². The lowest BCUT2D eigenvalue weighted by atomic mass is 10.0. The summed E-state index contributed by atoms with van der Waals surface area (Å²) in [6, 6.07) is 13.0. The maximum atomic E-state index is 12.6. The second-order valence-electron chi connectivity index (χ2n) is 6.16. The first-order chi connectivity index (χ1) is 12.4. The molecule has 0 aliphatic carbocycles. The summed E-state index contributed by atoms with van der Waals surface area (Å²) >= 11 is 10.1. The van der Waals surface area contributed by atoms with Gasteiger partial charge in [0.2, 0.25) is 10.0 Å². The van der Waals surface area contributed by atoms with E-state index < -0.39 is 10.0 Å². The quantitative estimate of drug-likeness (QED) is 0.760. The van der Waals surface area contributed by atoms with Gasteiger partial charge < -0.3 is 4.90 Å². The van der Waals surface area contributed by atoms with E-state index in [9.17, 15) is 13.2 Å². The van der Waals surface area contributed by atoms with E-state index in [0.717, 1.165) is 0 Å². The molecular formula is C18H19ClN2O3S2. The van der Waals surface area contributed by atoms with Gasteiger partial charge in [-0.05, 0) is 49.2 Å². The lowest BCUT2D eigenvalue weighted by molar-refractivity contribution is 0.0708. The van der Waals surface area contributed by atoms with Gasteiger partial charge in [0.1, 0.15) is 0 Å². The van der Waals surface area contributed by atoms with Crippen LogP contribution >= 0.6 is 24.2 Å². The molecule has 0 spiro atoms. The number of piperidine rings is 1. The summed E-state index contributed by atoms with van der Waals surface area (Å²) in [5.41, 5.74) is 0.566. The number of carbonyl (C=O) groups excluding carboxylic acids is 1. The summed E-state index contributed by atoms with van der Waals surface area (Å²) in [4.78, 5) is 15.2. The Hall–Kier alpha value is -1.54. The van der Waals surface area contributed by atoms with E-state index in [2.05, 4.69) is 17.4 Å². The van der Waals surface area contributed by atoms with Gasteiger partial charge in [-0.3, -0.25) is 4.79 Å². The number of halogens is 1. The number of rotatable bonds is 4. The van der Waals surface area contributed by atoms with E-state index in [1.807, 2.05) is 6.07 Å². The fourth-order valence-corrected chi connectivity index (χ4v) is 4.61. The summed E-state index contributed by atoms with van der Waals surface area (Å²) < 4.78 is 27.6. The number of nitrogens with one attached hydrogen (secondary N) is 1. The maximum Gasteiger partial charge on any atom is 0.254 e. The smallest absolute Gasteiger partial charge is 0.254 e. The Morgan fingerprint density at radius 1 is 1.08 bits per heavy atom. The molecule has 0 radical (unpaired) electrons. The third-order valence-corrected chi connectivity index (χ3v) is 6.54. The molecule has 138 valence electrons. The lowest BCUT2D eigenvalue weighted by Crippen LogP contribution is -2.46. The molecule has 2 aromatic rings. The number of hydrogen-bond donors (Lipinski definition) is 2. The average Bonchev–Trinajstić information content (AvgIpc) is 2.62. The standard InChI is InChI=1S/C18H19ClN2O3S2/c19-13-5-7-15(8-6-13)26(23,24)20-14-9-11-21(12-10-14)18(22)16-3-1-2-4-17(16)25/h1-8,14,20,25H,9-12H2. The minimum atomic E-state index is -3.60. The Balaban J connectivity index is 1.61. The molecule has 5 nitrogen and oxygen atoms in total. The van der Waals surface area contributed by atoms with Gasteiger partial charge in [-0.2, -0.15) is 0 Å². The largest absolute Gasteiger partial charge is 0.338 e. The van der Waals surface area contributed by atoms with Gasteiger partial charge in [0.15, 0.2) is 0 Å². The summed E-state index contributed by atoms with van der Waals surface area (Å²) in [7, 11) is -3.60. The third kappa shape index (κ3) is 4.40. The highest BCUT2D eigenvalue weighted by Gasteiger charge is 2.27. The predicted molar refractivity (Wildman–Crippen MR) is 104 cm³/mol. The molecule has 1 amide bonds. The zero-order valence-corrected chi connectivity index (χ0v) is 16.4. The number of amides is 1. The molecule has 0 aromatic heterocycles. The van der Waals surface area contributed by atoms with E-state index in [1.165, 1.54) is 12.1 Å². The van der Waals surface area contributed by atoms with Crippen LogP contribution in [0.25, 0.3) is 0 Å². The molecule has 1 heterocycles. The molecule has 0 unspecified atom stereocenters. The van der Waals surface area contributed by atoms with Crippen LogP contribution in [0.15, 0.2) is 58.3 Å². The molecule has 1 saturated heterocycles. The van der Waals surface area contributed by atoms with Gasteiger partial charge in [-0.25, -0.2) is 13.1 Å². The Morgan fingerprint density at radius 2 is 1.69 bits per heavy atom. The van der Waals surface area contributed by atoms with E-state index in [4.69, 9.17) is 11.6 Å². The SMILES string of the molecule is O=C(c1ccccc1S)N1CCC(NS(=O)(=O)c2ccc(Cl)cc2)CC1. The summed E-state index contributed by atoms with van der Waals surface area (Å²) in [6.07, 6.45) is 1.13. The van der Waals surface area contributed by atoms with Crippen molar-refractivity contribution in [1.29, 1.82) is 0 Å². The fourth-order valence-electron chi connectivity index (χ4n) is 2.93. The highest BCUT2D eigenvalue weighted by atomic mass is 35.5. The number of likely N-dealkylation sites (tertiary alicyclic amines) is 1. The normalized spacial score (nSPS) is 15.8. The van der Waals surface area contributed by atoms with E-state index in [-0.39, 0.29) is 16.8 Å². The van der Waals surface area contributed by atoms with Crippen molar-refractivity contribution in [3.63, 3.8) is 0 Å². The van der Waals surface area contributed by atoms with Crippen LogP contribution in [0.3, 0.4) is 0 Å². The maximum absolute atomic E-state index is 12.6. The summed E-state index contributed by atoms with van der Waals surface area (Å²) in [5.74, 6) is -0.0744. The molecule has 8 heteroatoms. The van der Waals surface area contributed by atoms with Gasteiger partial charge in [-0.1, -0.05) is 23.7 Å². The van der Waals surface area contributed by atoms with Crippen LogP contribution in [-0.2, 0) is 10.0 Å². The van der Waals surface area contributed by atoms with Gasteiger partial charge in [-0.15, -0.1) is 12.6 Å². The minimum Gasteiger partial charge on any atom is -0.338 e. The topological polar surface area (TPSA) is 66.5 Å². The van der Waals surface area contributed by atoms with Gasteiger partial charge in [0.25, 0.3) is 5.91 Å². The van der Waals surface area contributed by atoms with Crippen LogP contribution in [0.2, 0.25) is 5.02 Å². The van der Waals surface area contributed by atoms with Crippen LogP contribution in [0.5, 0.6) is 0 Å². The molecule has 3 rings (SSSR count). The van der Waals surface area contributed by atoms with Gasteiger partial charge in [0, 0.05) is 29.0 Å². The first kappa shape index (κ1) is 19.2. The van der Waals surface area contributed by atoms with Crippen molar-refractivity contribution in [2.45, 2.75) is 28.7 Å². The number of hydrogen-bond acceptors (Lipinski definition) is 4. The Labute approximate surface area is 163 Å². The molecule has 0 saturated carbocycles. The van der Waals surface area contributed by atoms with Crippen molar-refractivity contribution in [3.05, 3.63) is 59.1 Å². The van der Waals surface area contributed by atoms with Crippen molar-refractivity contribution in [2.75, 3.05) is 13.1 Å². The van der Waals surface area contributed by atoms with Gasteiger partial charge >= 0.3 is 0 Å². The molecular weight excluding hydrogens is 392 g/mol. The number of carbonyl (C=O) groups is 1. The highest BCUT2D eigenvalue weighted by Crippen LogP contribution is 2.20. The van der Waals surface area contributed by atoms with E-state index in [1.54, 1.807) is 35.2 Å². The molecule has 1 fully saturated rings. The van der Waals surface area contributed by atoms with Crippen LogP contribution in [0, 0.1) is 0 Å². The Bertz CT molecular complexity index is 893. The zero-order valence-electron chi connectivity index (χ0n) is 13.9. The Morgan fingerprint density at radius 3 is 2.31 bits per heavy atom. The first-order valence-corrected chi connectivity index (χ1v) is 10.5. The Kier molecular flexibility index (Phi) is 5.92. The monoisotopic (exact) mass is 410 g/mol. The second kappa shape index (κ2) is 8.00. The fraction of sp³-hybridized carbons (Fsp3) is 0.278. The average molecular weight is 411 g/mol. The molecule has 2 aromatic carbocycles. The molecule has 1 aliphatic rings. The van der Waals surface area contributed by atoms with Gasteiger partial charge in [0.05, 0.1) is 10.5 Å². The van der Waals surface area contributed by atoms with Crippen LogP contribution in [-0.4, -0.2) is 38.4 Å². The van der Waals surface area contributed by atoms with Crippen molar-refractivity contribution in [2.24, 2.45) is 0 Å². The molecule has 0 bridgehead atoms. The molecule has 26 heavy (non-hydrogen) atoms.